The highest BCUT2D eigenvalue weighted by atomic mass is 16.5. The molecule has 0 aliphatic heterocycles. The topological polar surface area (TPSA) is 52.6 Å². The predicted octanol–water partition coefficient (Wildman–Crippen LogP) is 1.77. The number of esters is 2. The third-order valence-electron chi connectivity index (χ3n) is 2.15. The van der Waals surface area contributed by atoms with E-state index in [-0.39, 0.29) is 5.41 Å². The summed E-state index contributed by atoms with van der Waals surface area (Å²) >= 11 is 0. The van der Waals surface area contributed by atoms with Gasteiger partial charge in [-0.3, -0.25) is 9.59 Å². The van der Waals surface area contributed by atoms with Gasteiger partial charge in [0.1, 0.15) is 0 Å². The zero-order chi connectivity index (χ0) is 12.1. The number of methoxy groups -OCH3 is 2. The Morgan fingerprint density at radius 1 is 1.07 bits per heavy atom. The van der Waals surface area contributed by atoms with Gasteiger partial charge in [0.25, 0.3) is 0 Å². The number of carbonyl (C=O) groups excluding carboxylic acids is 2. The molecule has 0 saturated carbocycles. The Morgan fingerprint density at radius 2 is 1.47 bits per heavy atom. The Balaban J connectivity index is 4.39. The minimum atomic E-state index is -0.792. The van der Waals surface area contributed by atoms with E-state index in [2.05, 4.69) is 30.2 Å². The van der Waals surface area contributed by atoms with Gasteiger partial charge in [0.15, 0.2) is 5.92 Å². The van der Waals surface area contributed by atoms with E-state index in [0.717, 1.165) is 6.42 Å². The fraction of sp³-hybridized carbons (Fsp3) is 0.818. The van der Waals surface area contributed by atoms with Crippen LogP contribution in [0.3, 0.4) is 0 Å². The molecule has 0 spiro atoms. The third-order valence-corrected chi connectivity index (χ3v) is 2.15. The van der Waals surface area contributed by atoms with E-state index < -0.39 is 17.9 Å². The van der Waals surface area contributed by atoms with Crippen LogP contribution in [0.2, 0.25) is 0 Å². The molecule has 4 nitrogen and oxygen atoms in total. The molecule has 0 aliphatic carbocycles. The molecule has 88 valence electrons. The molecule has 4 heteroatoms. The highest BCUT2D eigenvalue weighted by molar-refractivity contribution is 5.94. The van der Waals surface area contributed by atoms with Crippen molar-refractivity contribution in [2.75, 3.05) is 14.2 Å². The van der Waals surface area contributed by atoms with Gasteiger partial charge in [-0.2, -0.15) is 0 Å². The lowest BCUT2D eigenvalue weighted by atomic mass is 9.87. The average molecular weight is 216 g/mol. The lowest BCUT2D eigenvalue weighted by Gasteiger charge is -2.20. The van der Waals surface area contributed by atoms with E-state index in [4.69, 9.17) is 0 Å². The Labute approximate surface area is 90.9 Å². The van der Waals surface area contributed by atoms with Crippen molar-refractivity contribution < 1.29 is 19.1 Å². The summed E-state index contributed by atoms with van der Waals surface area (Å²) in [5.74, 6) is -1.84. The van der Waals surface area contributed by atoms with Crippen molar-refractivity contribution in [1.82, 2.24) is 0 Å². The van der Waals surface area contributed by atoms with Gasteiger partial charge < -0.3 is 9.47 Å². The van der Waals surface area contributed by atoms with Gasteiger partial charge in [-0.1, -0.05) is 20.8 Å². The molecule has 0 unspecified atom stereocenters. The second-order valence-corrected chi connectivity index (χ2v) is 4.70. The Morgan fingerprint density at radius 3 is 1.73 bits per heavy atom. The van der Waals surface area contributed by atoms with Crippen LogP contribution in [0.25, 0.3) is 0 Å². The predicted molar refractivity (Wildman–Crippen MR) is 56.2 cm³/mol. The van der Waals surface area contributed by atoms with Gasteiger partial charge in [-0.05, 0) is 18.3 Å². The van der Waals surface area contributed by atoms with Crippen LogP contribution in [-0.4, -0.2) is 26.2 Å². The second kappa shape index (κ2) is 5.73. The maximum Gasteiger partial charge on any atom is 0.320 e. The first-order valence-electron chi connectivity index (χ1n) is 4.97. The fourth-order valence-corrected chi connectivity index (χ4v) is 1.19. The molecule has 0 fully saturated rings. The highest BCUT2D eigenvalue weighted by Crippen LogP contribution is 2.24. The number of hydrogen-bond donors (Lipinski definition) is 0. The number of carbonyl (C=O) groups is 2. The minimum Gasteiger partial charge on any atom is -0.468 e. The van der Waals surface area contributed by atoms with Crippen molar-refractivity contribution in [3.8, 4) is 0 Å². The first-order valence-corrected chi connectivity index (χ1v) is 4.97. The Hall–Kier alpha value is -1.06. The molecule has 0 aromatic carbocycles. The van der Waals surface area contributed by atoms with E-state index >= 15 is 0 Å². The molecule has 0 aliphatic rings. The van der Waals surface area contributed by atoms with Gasteiger partial charge >= 0.3 is 11.9 Å². The summed E-state index contributed by atoms with van der Waals surface area (Å²) in [4.78, 5) is 22.6. The molecular weight excluding hydrogens is 196 g/mol. The molecule has 0 N–H and O–H groups in total. The van der Waals surface area contributed by atoms with Crippen molar-refractivity contribution in [2.45, 2.75) is 33.6 Å². The van der Waals surface area contributed by atoms with Crippen LogP contribution in [-0.2, 0) is 19.1 Å². The standard InChI is InChI=1S/C11H20O4/c1-11(2,3)7-6-8(9(12)14-4)10(13)15-5/h8H,6-7H2,1-5H3. The van der Waals surface area contributed by atoms with Crippen LogP contribution in [0.5, 0.6) is 0 Å². The van der Waals surface area contributed by atoms with E-state index in [1.54, 1.807) is 0 Å². The minimum absolute atomic E-state index is 0.0836. The van der Waals surface area contributed by atoms with Crippen LogP contribution < -0.4 is 0 Å². The molecule has 0 rings (SSSR count). The summed E-state index contributed by atoms with van der Waals surface area (Å²) in [5, 5.41) is 0. The molecule has 0 heterocycles. The highest BCUT2D eigenvalue weighted by Gasteiger charge is 2.29. The van der Waals surface area contributed by atoms with E-state index in [1.807, 2.05) is 0 Å². The first-order chi connectivity index (χ1) is 6.81. The third kappa shape index (κ3) is 5.40. The van der Waals surface area contributed by atoms with Gasteiger partial charge in [0, 0.05) is 0 Å². The van der Waals surface area contributed by atoms with Crippen LogP contribution >= 0.6 is 0 Å². The van der Waals surface area contributed by atoms with E-state index in [1.165, 1.54) is 14.2 Å². The SMILES string of the molecule is COC(=O)C(CCC(C)(C)C)C(=O)OC. The molecule has 0 aromatic heterocycles. The number of rotatable bonds is 4. The van der Waals surface area contributed by atoms with E-state index in [9.17, 15) is 9.59 Å². The first kappa shape index (κ1) is 13.9. The normalized spacial score (nSPS) is 11.3. The van der Waals surface area contributed by atoms with Crippen molar-refractivity contribution in [3.05, 3.63) is 0 Å². The van der Waals surface area contributed by atoms with Crippen molar-refractivity contribution >= 4 is 11.9 Å². The number of ether oxygens (including phenoxy) is 2. The van der Waals surface area contributed by atoms with Gasteiger partial charge in [0.05, 0.1) is 14.2 Å². The fourth-order valence-electron chi connectivity index (χ4n) is 1.19. The molecule has 0 saturated heterocycles. The van der Waals surface area contributed by atoms with Crippen LogP contribution in [0.1, 0.15) is 33.6 Å². The summed E-state index contributed by atoms with van der Waals surface area (Å²) in [7, 11) is 2.55. The monoisotopic (exact) mass is 216 g/mol. The smallest absolute Gasteiger partial charge is 0.320 e. The summed E-state index contributed by atoms with van der Waals surface area (Å²) < 4.78 is 9.12. The molecule has 0 amide bonds. The van der Waals surface area contributed by atoms with Crippen molar-refractivity contribution in [2.24, 2.45) is 11.3 Å². The molecule has 0 atom stereocenters. The molecule has 0 radical (unpaired) electrons. The lowest BCUT2D eigenvalue weighted by molar-refractivity contribution is -0.159. The van der Waals surface area contributed by atoms with Gasteiger partial charge in [-0.25, -0.2) is 0 Å². The quantitative estimate of drug-likeness (QED) is 0.531. The molecule has 0 bridgehead atoms. The molecule has 15 heavy (non-hydrogen) atoms. The van der Waals surface area contributed by atoms with Gasteiger partial charge in [0.2, 0.25) is 0 Å². The van der Waals surface area contributed by atoms with Crippen LogP contribution in [0.15, 0.2) is 0 Å². The summed E-state index contributed by atoms with van der Waals surface area (Å²) in [6.45, 7) is 6.16. The van der Waals surface area contributed by atoms with Crippen molar-refractivity contribution in [1.29, 1.82) is 0 Å². The largest absolute Gasteiger partial charge is 0.468 e. The Kier molecular flexibility index (Phi) is 5.33. The lowest BCUT2D eigenvalue weighted by Crippen LogP contribution is -2.27. The number of hydrogen-bond acceptors (Lipinski definition) is 4. The summed E-state index contributed by atoms with van der Waals surface area (Å²) in [5.41, 5.74) is 0.0836. The zero-order valence-electron chi connectivity index (χ0n) is 10.1. The van der Waals surface area contributed by atoms with Gasteiger partial charge in [-0.15, -0.1) is 0 Å². The average Bonchev–Trinajstić information content (AvgIpc) is 2.15. The molecular formula is C11H20O4. The summed E-state index contributed by atoms with van der Waals surface area (Å²) in [6.07, 6.45) is 1.23. The maximum atomic E-state index is 11.3. The van der Waals surface area contributed by atoms with Crippen LogP contribution in [0.4, 0.5) is 0 Å². The van der Waals surface area contributed by atoms with E-state index in [0.29, 0.717) is 6.42 Å². The van der Waals surface area contributed by atoms with Crippen LogP contribution in [0, 0.1) is 11.3 Å². The summed E-state index contributed by atoms with van der Waals surface area (Å²) in [6, 6.07) is 0. The Bertz CT molecular complexity index is 211. The second-order valence-electron chi connectivity index (χ2n) is 4.70. The van der Waals surface area contributed by atoms with Crippen molar-refractivity contribution in [3.63, 3.8) is 0 Å². The maximum absolute atomic E-state index is 11.3. The molecule has 0 aromatic rings. The zero-order valence-corrected chi connectivity index (χ0v) is 10.1.